The van der Waals surface area contributed by atoms with Crippen LogP contribution in [-0.4, -0.2) is 45.2 Å². The van der Waals surface area contributed by atoms with Crippen LogP contribution in [0.3, 0.4) is 0 Å². The van der Waals surface area contributed by atoms with Gasteiger partial charge in [-0.05, 0) is 124 Å². The molecule has 0 atom stereocenters. The number of benzene rings is 3. The predicted octanol–water partition coefficient (Wildman–Crippen LogP) is 7.78. The van der Waals surface area contributed by atoms with Gasteiger partial charge in [0.1, 0.15) is 28.7 Å². The highest BCUT2D eigenvalue weighted by Gasteiger charge is 2.11. The third kappa shape index (κ3) is 15.0. The molecule has 0 saturated carbocycles. The van der Waals surface area contributed by atoms with Gasteiger partial charge in [0.05, 0.1) is 32.0 Å². The van der Waals surface area contributed by atoms with Crippen molar-refractivity contribution < 1.29 is 47.8 Å². The van der Waals surface area contributed by atoms with E-state index in [2.05, 4.69) is 11.5 Å². The Balaban J connectivity index is 1.30. The molecule has 10 nitrogen and oxygen atoms in total. The summed E-state index contributed by atoms with van der Waals surface area (Å²) in [6.07, 6.45) is 15.5. The van der Waals surface area contributed by atoms with E-state index in [1.54, 1.807) is 42.5 Å². The summed E-state index contributed by atoms with van der Waals surface area (Å²) >= 11 is 0. The van der Waals surface area contributed by atoms with E-state index in [0.29, 0.717) is 55.0 Å². The van der Waals surface area contributed by atoms with Crippen LogP contribution in [0.5, 0.6) is 28.7 Å². The molecule has 3 aromatic carbocycles. The number of hydrogen-bond acceptors (Lipinski definition) is 10. The fourth-order valence-electron chi connectivity index (χ4n) is 4.36. The molecule has 0 radical (unpaired) electrons. The summed E-state index contributed by atoms with van der Waals surface area (Å²) in [5.74, 6) is 2.24. The zero-order chi connectivity index (χ0) is 34.2. The Morgan fingerprint density at radius 2 is 1.23 bits per heavy atom. The summed E-state index contributed by atoms with van der Waals surface area (Å²) in [6, 6.07) is 19.3. The summed E-state index contributed by atoms with van der Waals surface area (Å²) in [6.45, 7) is 7.30. The normalized spacial score (nSPS) is 10.3. The fraction of sp³-hybridized carbons (Fsp3) is 0.368. The number of unbranched alkanes of at least 4 members (excludes halogenated alkanes) is 6. The van der Waals surface area contributed by atoms with E-state index in [0.717, 1.165) is 68.8 Å². The maximum Gasteiger partial charge on any atom is 0.343 e. The van der Waals surface area contributed by atoms with E-state index in [-0.39, 0.29) is 6.79 Å². The number of carbonyl (C=O) groups excluding carboxylic acids is 2. The van der Waals surface area contributed by atoms with E-state index < -0.39 is 11.9 Å². The first kappa shape index (κ1) is 37.3. The largest absolute Gasteiger partial charge is 0.494 e. The minimum absolute atomic E-state index is 0.0118. The van der Waals surface area contributed by atoms with Crippen LogP contribution in [0, 0.1) is 19.5 Å². The highest BCUT2D eigenvalue weighted by atomic mass is 17.2. The number of carbonyl (C=O) groups is 2. The summed E-state index contributed by atoms with van der Waals surface area (Å²) in [5, 5.41) is 0. The van der Waals surface area contributed by atoms with Crippen LogP contribution in [-0.2, 0) is 19.3 Å². The lowest BCUT2D eigenvalue weighted by Crippen LogP contribution is -2.09. The number of rotatable bonds is 24. The Morgan fingerprint density at radius 3 is 1.81 bits per heavy atom. The lowest BCUT2D eigenvalue weighted by atomic mass is 10.2. The molecule has 256 valence electrons. The molecule has 0 heterocycles. The van der Waals surface area contributed by atoms with E-state index in [1.165, 1.54) is 0 Å². The molecule has 0 bridgehead atoms. The molecule has 0 amide bonds. The average Bonchev–Trinajstić information content (AvgIpc) is 3.10. The van der Waals surface area contributed by atoms with E-state index in [9.17, 15) is 9.59 Å². The predicted molar refractivity (Wildman–Crippen MR) is 180 cm³/mol. The van der Waals surface area contributed by atoms with Gasteiger partial charge in [0, 0.05) is 6.08 Å². The number of hydrogen-bond donors (Lipinski definition) is 0. The van der Waals surface area contributed by atoms with Crippen molar-refractivity contribution in [3.63, 3.8) is 0 Å². The summed E-state index contributed by atoms with van der Waals surface area (Å²) in [5.41, 5.74) is 1.20. The Morgan fingerprint density at radius 1 is 0.688 bits per heavy atom. The third-order valence-electron chi connectivity index (χ3n) is 6.93. The van der Waals surface area contributed by atoms with Gasteiger partial charge in [-0.3, -0.25) is 4.89 Å². The Kier molecular flexibility index (Phi) is 17.4. The zero-order valence-corrected chi connectivity index (χ0v) is 27.5. The second-order valence-corrected chi connectivity index (χ2v) is 10.6. The van der Waals surface area contributed by atoms with Gasteiger partial charge in [-0.15, -0.1) is 0 Å². The Labute approximate surface area is 282 Å². The minimum atomic E-state index is -0.472. The van der Waals surface area contributed by atoms with Crippen LogP contribution in [0.4, 0.5) is 0 Å². The molecule has 0 saturated heterocycles. The maximum atomic E-state index is 12.7. The molecular formula is C38H44O10. The molecule has 0 unspecified atom stereocenters. The number of terminal acetylenes is 1. The van der Waals surface area contributed by atoms with Crippen LogP contribution in [0.2, 0.25) is 0 Å². The van der Waals surface area contributed by atoms with Gasteiger partial charge in [0.25, 0.3) is 0 Å². The van der Waals surface area contributed by atoms with Crippen LogP contribution in [0.25, 0.3) is 0 Å². The van der Waals surface area contributed by atoms with Crippen molar-refractivity contribution >= 4 is 11.9 Å². The summed E-state index contributed by atoms with van der Waals surface area (Å²) in [7, 11) is 0. The van der Waals surface area contributed by atoms with Crippen molar-refractivity contribution in [2.24, 2.45) is 0 Å². The smallest absolute Gasteiger partial charge is 0.343 e. The zero-order valence-electron chi connectivity index (χ0n) is 27.5. The van der Waals surface area contributed by atoms with Gasteiger partial charge in [-0.2, -0.15) is 4.89 Å². The van der Waals surface area contributed by atoms with E-state index >= 15 is 0 Å². The highest BCUT2D eigenvalue weighted by Crippen LogP contribution is 2.25. The quantitative estimate of drug-likeness (QED) is 0.0138. The maximum absolute atomic E-state index is 12.7. The molecule has 3 rings (SSSR count). The summed E-state index contributed by atoms with van der Waals surface area (Å²) < 4.78 is 33.6. The second kappa shape index (κ2) is 22.4. The van der Waals surface area contributed by atoms with Crippen molar-refractivity contribution in [1.82, 2.24) is 0 Å². The molecule has 3 aromatic rings. The molecule has 0 fully saturated rings. The van der Waals surface area contributed by atoms with Crippen LogP contribution in [0.15, 0.2) is 79.4 Å². The molecule has 10 heteroatoms. The van der Waals surface area contributed by atoms with Crippen molar-refractivity contribution in [2.75, 3.05) is 33.2 Å². The van der Waals surface area contributed by atoms with Crippen LogP contribution in [0.1, 0.15) is 67.3 Å². The molecule has 0 aliphatic carbocycles. The topological polar surface area (TPSA) is 108 Å². The summed E-state index contributed by atoms with van der Waals surface area (Å²) in [4.78, 5) is 32.9. The van der Waals surface area contributed by atoms with Crippen molar-refractivity contribution in [2.45, 2.75) is 58.3 Å². The minimum Gasteiger partial charge on any atom is -0.494 e. The van der Waals surface area contributed by atoms with E-state index in [1.807, 2.05) is 37.3 Å². The van der Waals surface area contributed by atoms with Gasteiger partial charge >= 0.3 is 11.9 Å². The van der Waals surface area contributed by atoms with Gasteiger partial charge in [0.2, 0.25) is 6.79 Å². The second-order valence-electron chi connectivity index (χ2n) is 10.6. The molecule has 0 N–H and O–H groups in total. The SMILES string of the molecule is C#COOCCCCCCOc1ccc(OCOc2ccc(OC(=O)c3ccc(OCCCCCCOC(=O)C=C)cc3)cc2C)cc1. The van der Waals surface area contributed by atoms with Gasteiger partial charge < -0.3 is 28.4 Å². The monoisotopic (exact) mass is 660 g/mol. The molecule has 0 aliphatic heterocycles. The molecule has 0 spiro atoms. The van der Waals surface area contributed by atoms with Crippen LogP contribution < -0.4 is 23.7 Å². The first-order valence-electron chi connectivity index (χ1n) is 16.1. The fourth-order valence-corrected chi connectivity index (χ4v) is 4.36. The van der Waals surface area contributed by atoms with E-state index in [4.69, 9.17) is 39.7 Å². The molecular weight excluding hydrogens is 616 g/mol. The van der Waals surface area contributed by atoms with Crippen LogP contribution >= 0.6 is 0 Å². The first-order valence-corrected chi connectivity index (χ1v) is 16.1. The van der Waals surface area contributed by atoms with Crippen molar-refractivity contribution in [3.05, 3.63) is 90.5 Å². The third-order valence-corrected chi connectivity index (χ3v) is 6.93. The van der Waals surface area contributed by atoms with Gasteiger partial charge in [0.15, 0.2) is 6.11 Å². The van der Waals surface area contributed by atoms with Gasteiger partial charge in [-0.25, -0.2) is 9.59 Å². The number of aryl methyl sites for hydroxylation is 1. The standard InChI is InChI=1S/C38H44O10/c1-4-37(39)43-26-12-7-6-10-24-41-32-16-14-31(15-17-32)38(40)48-35-22-23-36(30(3)28-35)45-29-44-34-20-18-33(19-21-34)42-25-11-8-9-13-27-47-46-5-2/h2,4,14-23,28H,1,6-13,24-27,29H2,3H3. The highest BCUT2D eigenvalue weighted by molar-refractivity contribution is 5.91. The van der Waals surface area contributed by atoms with Crippen molar-refractivity contribution in [1.29, 1.82) is 0 Å². The Bertz CT molecular complexity index is 1430. The van der Waals surface area contributed by atoms with Crippen molar-refractivity contribution in [3.8, 4) is 41.3 Å². The number of esters is 2. The van der Waals surface area contributed by atoms with Gasteiger partial charge in [-0.1, -0.05) is 19.4 Å². The average molecular weight is 661 g/mol. The number of ether oxygens (including phenoxy) is 6. The lowest BCUT2D eigenvalue weighted by molar-refractivity contribution is -0.236. The molecule has 0 aromatic heterocycles. The molecule has 0 aliphatic rings. The lowest BCUT2D eigenvalue weighted by Gasteiger charge is -2.12. The molecule has 48 heavy (non-hydrogen) atoms. The Hall–Kier alpha value is -5.14. The first-order chi connectivity index (χ1) is 23.5.